The van der Waals surface area contributed by atoms with Crippen molar-refractivity contribution in [2.75, 3.05) is 19.6 Å². The second-order valence-electron chi connectivity index (χ2n) is 6.89. The van der Waals surface area contributed by atoms with Crippen molar-refractivity contribution in [2.45, 2.75) is 33.4 Å². The molecule has 3 rings (SSSR count). The number of amides is 4. The van der Waals surface area contributed by atoms with Crippen LogP contribution >= 0.6 is 0 Å². The minimum atomic E-state index is -0.378. The molecule has 0 radical (unpaired) electrons. The van der Waals surface area contributed by atoms with E-state index >= 15 is 0 Å². The fraction of sp³-hybridized carbons (Fsp3) is 0.421. The predicted octanol–water partition coefficient (Wildman–Crippen LogP) is 1.14. The molecular weight excluding hydrogens is 332 g/mol. The van der Waals surface area contributed by atoms with Gasteiger partial charge in [-0.3, -0.25) is 9.59 Å². The molecule has 7 nitrogen and oxygen atoms in total. The Hall–Kier alpha value is -2.83. The summed E-state index contributed by atoms with van der Waals surface area (Å²) in [5.74, 6) is -0.269. The van der Waals surface area contributed by atoms with Crippen molar-refractivity contribution in [2.24, 2.45) is 0 Å². The van der Waals surface area contributed by atoms with Crippen LogP contribution in [0.3, 0.4) is 0 Å². The van der Waals surface area contributed by atoms with E-state index in [0.717, 1.165) is 5.56 Å². The number of nitrogens with one attached hydrogen (secondary N) is 2. The van der Waals surface area contributed by atoms with Crippen LogP contribution in [0.1, 0.15) is 25.0 Å². The summed E-state index contributed by atoms with van der Waals surface area (Å²) in [6.45, 7) is 7.09. The highest BCUT2D eigenvalue weighted by atomic mass is 16.2. The summed E-state index contributed by atoms with van der Waals surface area (Å²) < 4.78 is 0. The van der Waals surface area contributed by atoms with Gasteiger partial charge in [0.15, 0.2) is 0 Å². The molecule has 26 heavy (non-hydrogen) atoms. The first-order valence-corrected chi connectivity index (χ1v) is 8.76. The van der Waals surface area contributed by atoms with Crippen LogP contribution in [-0.2, 0) is 16.1 Å². The molecule has 2 N–H and O–H groups in total. The van der Waals surface area contributed by atoms with Gasteiger partial charge in [-0.25, -0.2) is 4.79 Å². The number of benzene rings is 1. The minimum Gasteiger partial charge on any atom is -0.335 e. The number of rotatable bonds is 3. The molecule has 7 heteroatoms. The van der Waals surface area contributed by atoms with Crippen molar-refractivity contribution >= 4 is 17.8 Å². The number of hydrogen-bond acceptors (Lipinski definition) is 3. The predicted molar refractivity (Wildman–Crippen MR) is 97.0 cm³/mol. The number of hydrogen-bond donors (Lipinski definition) is 2. The highest BCUT2D eigenvalue weighted by molar-refractivity contribution is 6.00. The Morgan fingerprint density at radius 1 is 1.15 bits per heavy atom. The van der Waals surface area contributed by atoms with Crippen LogP contribution in [0.4, 0.5) is 4.79 Å². The van der Waals surface area contributed by atoms with Gasteiger partial charge in [0.2, 0.25) is 5.91 Å². The van der Waals surface area contributed by atoms with E-state index in [1.165, 1.54) is 5.56 Å². The van der Waals surface area contributed by atoms with Crippen LogP contribution < -0.4 is 10.6 Å². The van der Waals surface area contributed by atoms with Gasteiger partial charge in [0, 0.05) is 25.3 Å². The molecule has 4 amide bonds. The molecule has 1 atom stereocenters. The number of allylic oxidation sites excluding steroid dienone is 1. The molecule has 0 unspecified atom stereocenters. The Labute approximate surface area is 153 Å². The van der Waals surface area contributed by atoms with Crippen molar-refractivity contribution in [3.05, 3.63) is 46.7 Å². The standard InChI is InChI=1S/C19H24N4O3/c1-12-4-6-15(7-5-12)10-22-8-9-23(11-16(22)24)18(25)17-13(2)20-19(26)21-14(17)3/h4-7,13H,8-11H2,1-3H3,(H2,20,21,26)/t13-/m0/s1. The second kappa shape index (κ2) is 7.19. The highest BCUT2D eigenvalue weighted by Crippen LogP contribution is 2.18. The van der Waals surface area contributed by atoms with Gasteiger partial charge in [-0.05, 0) is 26.3 Å². The largest absolute Gasteiger partial charge is 0.335 e. The summed E-state index contributed by atoms with van der Waals surface area (Å²) >= 11 is 0. The molecule has 1 aromatic rings. The molecule has 1 fully saturated rings. The average molecular weight is 356 g/mol. The van der Waals surface area contributed by atoms with Crippen molar-refractivity contribution in [3.8, 4) is 0 Å². The zero-order chi connectivity index (χ0) is 18.8. The first-order valence-electron chi connectivity index (χ1n) is 8.76. The summed E-state index contributed by atoms with van der Waals surface area (Å²) in [6, 6.07) is 7.41. The van der Waals surface area contributed by atoms with Crippen molar-refractivity contribution < 1.29 is 14.4 Å². The first-order chi connectivity index (χ1) is 12.3. The molecular formula is C19H24N4O3. The zero-order valence-electron chi connectivity index (χ0n) is 15.3. The average Bonchev–Trinajstić information content (AvgIpc) is 2.57. The van der Waals surface area contributed by atoms with Crippen LogP contribution in [0.25, 0.3) is 0 Å². The lowest BCUT2D eigenvalue weighted by atomic mass is 10.0. The second-order valence-corrected chi connectivity index (χ2v) is 6.89. The van der Waals surface area contributed by atoms with Gasteiger partial charge in [0.05, 0.1) is 11.6 Å². The number of carbonyl (C=O) groups excluding carboxylic acids is 3. The van der Waals surface area contributed by atoms with Crippen LogP contribution in [0, 0.1) is 6.92 Å². The van der Waals surface area contributed by atoms with E-state index in [0.29, 0.717) is 30.9 Å². The number of nitrogens with zero attached hydrogens (tertiary/aromatic N) is 2. The van der Waals surface area contributed by atoms with Gasteiger partial charge in [0.1, 0.15) is 6.54 Å². The molecule has 0 spiro atoms. The maximum Gasteiger partial charge on any atom is 0.319 e. The number of aryl methyl sites for hydroxylation is 1. The fourth-order valence-electron chi connectivity index (χ4n) is 3.35. The molecule has 138 valence electrons. The van der Waals surface area contributed by atoms with E-state index in [4.69, 9.17) is 0 Å². The molecule has 2 heterocycles. The van der Waals surface area contributed by atoms with Crippen molar-refractivity contribution in [3.63, 3.8) is 0 Å². The third kappa shape index (κ3) is 3.71. The molecule has 0 saturated carbocycles. The Balaban J connectivity index is 1.65. The van der Waals surface area contributed by atoms with Crippen LogP contribution in [-0.4, -0.2) is 53.3 Å². The Kier molecular flexibility index (Phi) is 4.97. The summed E-state index contributed by atoms with van der Waals surface area (Å²) in [5, 5.41) is 5.31. The molecule has 1 aromatic carbocycles. The van der Waals surface area contributed by atoms with E-state index < -0.39 is 0 Å². The van der Waals surface area contributed by atoms with E-state index in [2.05, 4.69) is 10.6 Å². The van der Waals surface area contributed by atoms with Crippen LogP contribution in [0.2, 0.25) is 0 Å². The van der Waals surface area contributed by atoms with Crippen molar-refractivity contribution in [1.82, 2.24) is 20.4 Å². The van der Waals surface area contributed by atoms with Gasteiger partial charge in [0.25, 0.3) is 5.91 Å². The van der Waals surface area contributed by atoms with Gasteiger partial charge >= 0.3 is 6.03 Å². The summed E-state index contributed by atoms with van der Waals surface area (Å²) in [6.07, 6.45) is 0. The van der Waals surface area contributed by atoms with E-state index in [9.17, 15) is 14.4 Å². The maximum absolute atomic E-state index is 12.8. The lowest BCUT2D eigenvalue weighted by Gasteiger charge is -2.36. The van der Waals surface area contributed by atoms with E-state index in [-0.39, 0.29) is 30.4 Å². The van der Waals surface area contributed by atoms with Gasteiger partial charge in [-0.2, -0.15) is 0 Å². The highest BCUT2D eigenvalue weighted by Gasteiger charge is 2.33. The topological polar surface area (TPSA) is 81.8 Å². The smallest absolute Gasteiger partial charge is 0.319 e. The van der Waals surface area contributed by atoms with Crippen LogP contribution in [0.15, 0.2) is 35.5 Å². The molecule has 0 aromatic heterocycles. The first kappa shape index (κ1) is 18.0. The Morgan fingerprint density at radius 2 is 1.85 bits per heavy atom. The molecule has 2 aliphatic heterocycles. The number of piperazine rings is 1. The lowest BCUT2D eigenvalue weighted by molar-refractivity contribution is -0.144. The van der Waals surface area contributed by atoms with Crippen LogP contribution in [0.5, 0.6) is 0 Å². The summed E-state index contributed by atoms with van der Waals surface area (Å²) in [4.78, 5) is 40.2. The fourth-order valence-corrected chi connectivity index (χ4v) is 3.35. The molecule has 0 bridgehead atoms. The quantitative estimate of drug-likeness (QED) is 0.852. The maximum atomic E-state index is 12.8. The summed E-state index contributed by atoms with van der Waals surface area (Å²) in [5.41, 5.74) is 3.31. The lowest BCUT2D eigenvalue weighted by Crippen LogP contribution is -2.55. The zero-order valence-corrected chi connectivity index (χ0v) is 15.3. The number of carbonyl (C=O) groups is 3. The normalized spacial score (nSPS) is 20.8. The molecule has 0 aliphatic carbocycles. The third-order valence-corrected chi connectivity index (χ3v) is 4.82. The third-order valence-electron chi connectivity index (χ3n) is 4.82. The van der Waals surface area contributed by atoms with E-state index in [1.807, 2.05) is 31.2 Å². The van der Waals surface area contributed by atoms with Gasteiger partial charge in [-0.1, -0.05) is 29.8 Å². The van der Waals surface area contributed by atoms with E-state index in [1.54, 1.807) is 23.6 Å². The van der Waals surface area contributed by atoms with Gasteiger partial charge < -0.3 is 20.4 Å². The van der Waals surface area contributed by atoms with Crippen molar-refractivity contribution in [1.29, 1.82) is 0 Å². The summed E-state index contributed by atoms with van der Waals surface area (Å²) in [7, 11) is 0. The SMILES string of the molecule is CC1=C(C(=O)N2CCN(Cc3ccc(C)cc3)C(=O)C2)[C@H](C)NC(=O)N1. The number of urea groups is 1. The monoisotopic (exact) mass is 356 g/mol. The molecule has 1 saturated heterocycles. The Morgan fingerprint density at radius 3 is 2.46 bits per heavy atom. The Bertz CT molecular complexity index is 769. The molecule has 2 aliphatic rings. The van der Waals surface area contributed by atoms with Gasteiger partial charge in [-0.15, -0.1) is 0 Å². The minimum absolute atomic E-state index is 0.0577.